The first-order valence-corrected chi connectivity index (χ1v) is 6.63. The maximum Gasteiger partial charge on any atom is 0.188 e. The number of hydrogen-bond donors (Lipinski definition) is 2. The Bertz CT molecular complexity index is 247. The monoisotopic (exact) mass is 240 g/mol. The zero-order valence-electron chi connectivity index (χ0n) is 11.8. The fourth-order valence-corrected chi connectivity index (χ4v) is 2.14. The molecule has 0 atom stereocenters. The fraction of sp³-hybridized carbons (Fsp3) is 0.923. The second-order valence-corrected chi connectivity index (χ2v) is 6.18. The molecule has 0 aliphatic carbocycles. The Kier molecular flexibility index (Phi) is 5.25. The van der Waals surface area contributed by atoms with Gasteiger partial charge in [-0.3, -0.25) is 4.99 Å². The molecular formula is C13H28N4. The summed E-state index contributed by atoms with van der Waals surface area (Å²) in [5.74, 6) is 1.41. The quantitative estimate of drug-likeness (QED) is 0.579. The lowest BCUT2D eigenvalue weighted by Gasteiger charge is -2.28. The highest BCUT2D eigenvalue weighted by Gasteiger charge is 2.16. The van der Waals surface area contributed by atoms with Crippen molar-refractivity contribution in [2.45, 2.75) is 45.6 Å². The Balaban J connectivity index is 2.20. The SMILES string of the molecule is CN1CCC(CCN=C(N)NC(C)(C)C)CC1. The molecule has 0 aromatic carbocycles. The number of guanidine groups is 1. The molecule has 0 bridgehead atoms. The van der Waals surface area contributed by atoms with Crippen LogP contribution in [0, 0.1) is 5.92 Å². The Labute approximate surface area is 106 Å². The van der Waals surface area contributed by atoms with E-state index in [1.807, 2.05) is 0 Å². The summed E-state index contributed by atoms with van der Waals surface area (Å²) in [5.41, 5.74) is 5.83. The van der Waals surface area contributed by atoms with Crippen LogP contribution in [0.25, 0.3) is 0 Å². The summed E-state index contributed by atoms with van der Waals surface area (Å²) in [6.07, 6.45) is 3.78. The highest BCUT2D eigenvalue weighted by Crippen LogP contribution is 2.19. The number of likely N-dealkylation sites (tertiary alicyclic amines) is 1. The number of aliphatic imine (C=N–C) groups is 1. The second kappa shape index (κ2) is 6.24. The first-order chi connectivity index (χ1) is 7.87. The van der Waals surface area contributed by atoms with Crippen LogP contribution in [0.4, 0.5) is 0 Å². The molecule has 1 aliphatic rings. The molecule has 1 heterocycles. The maximum absolute atomic E-state index is 5.83. The van der Waals surface area contributed by atoms with Gasteiger partial charge >= 0.3 is 0 Å². The minimum atomic E-state index is 0.00112. The van der Waals surface area contributed by atoms with Crippen LogP contribution in [0.3, 0.4) is 0 Å². The molecule has 1 fully saturated rings. The number of nitrogens with two attached hydrogens (primary N) is 1. The number of rotatable bonds is 3. The summed E-state index contributed by atoms with van der Waals surface area (Å²) in [6.45, 7) is 9.57. The van der Waals surface area contributed by atoms with Gasteiger partial charge in [-0.15, -0.1) is 0 Å². The van der Waals surface area contributed by atoms with E-state index in [9.17, 15) is 0 Å². The minimum absolute atomic E-state index is 0.00112. The lowest BCUT2D eigenvalue weighted by molar-refractivity contribution is 0.214. The summed E-state index contributed by atoms with van der Waals surface area (Å²) in [5, 5.41) is 3.18. The maximum atomic E-state index is 5.83. The standard InChI is InChI=1S/C13H28N4/c1-13(2,3)16-12(14)15-8-5-11-6-9-17(4)10-7-11/h11H,5-10H2,1-4H3,(H3,14,15,16). The van der Waals surface area contributed by atoms with Gasteiger partial charge in [0.15, 0.2) is 5.96 Å². The third-order valence-electron chi connectivity index (χ3n) is 3.16. The Morgan fingerprint density at radius 2 is 1.94 bits per heavy atom. The lowest BCUT2D eigenvalue weighted by Crippen LogP contribution is -2.45. The fourth-order valence-electron chi connectivity index (χ4n) is 2.14. The van der Waals surface area contributed by atoms with Gasteiger partial charge in [0.05, 0.1) is 0 Å². The highest BCUT2D eigenvalue weighted by atomic mass is 15.1. The number of piperidine rings is 1. The van der Waals surface area contributed by atoms with Gasteiger partial charge in [0, 0.05) is 12.1 Å². The summed E-state index contributed by atoms with van der Waals surface area (Å²) in [7, 11) is 2.19. The zero-order valence-corrected chi connectivity index (χ0v) is 11.8. The van der Waals surface area contributed by atoms with E-state index in [1.165, 1.54) is 32.4 Å². The van der Waals surface area contributed by atoms with Crippen molar-refractivity contribution in [1.29, 1.82) is 0 Å². The number of hydrogen-bond acceptors (Lipinski definition) is 2. The Morgan fingerprint density at radius 1 is 1.35 bits per heavy atom. The third-order valence-corrected chi connectivity index (χ3v) is 3.16. The average molecular weight is 240 g/mol. The first kappa shape index (κ1) is 14.3. The molecule has 0 saturated carbocycles. The molecule has 0 unspecified atom stereocenters. The van der Waals surface area contributed by atoms with Crippen molar-refractivity contribution in [3.63, 3.8) is 0 Å². The largest absolute Gasteiger partial charge is 0.370 e. The molecule has 1 saturated heterocycles. The molecule has 0 spiro atoms. The number of nitrogens with zero attached hydrogens (tertiary/aromatic N) is 2. The molecule has 0 radical (unpaired) electrons. The predicted molar refractivity (Wildman–Crippen MR) is 74.2 cm³/mol. The van der Waals surface area contributed by atoms with Gasteiger partial charge in [0.2, 0.25) is 0 Å². The molecule has 4 nitrogen and oxygen atoms in total. The van der Waals surface area contributed by atoms with Crippen molar-refractivity contribution >= 4 is 5.96 Å². The molecule has 0 amide bonds. The van der Waals surface area contributed by atoms with Crippen molar-refractivity contribution in [2.24, 2.45) is 16.6 Å². The van der Waals surface area contributed by atoms with Gasteiger partial charge < -0.3 is 16.0 Å². The summed E-state index contributed by atoms with van der Waals surface area (Å²) >= 11 is 0. The molecule has 1 aliphatic heterocycles. The van der Waals surface area contributed by atoms with E-state index in [4.69, 9.17) is 5.73 Å². The van der Waals surface area contributed by atoms with Crippen LogP contribution in [0.2, 0.25) is 0 Å². The zero-order chi connectivity index (χ0) is 12.9. The van der Waals surface area contributed by atoms with Gasteiger partial charge in [0.25, 0.3) is 0 Å². The molecular weight excluding hydrogens is 212 g/mol. The number of nitrogens with one attached hydrogen (secondary N) is 1. The smallest absolute Gasteiger partial charge is 0.188 e. The lowest BCUT2D eigenvalue weighted by atomic mass is 9.94. The summed E-state index contributed by atoms with van der Waals surface area (Å²) in [4.78, 5) is 6.79. The summed E-state index contributed by atoms with van der Waals surface area (Å²) < 4.78 is 0. The second-order valence-electron chi connectivity index (χ2n) is 6.18. The molecule has 17 heavy (non-hydrogen) atoms. The highest BCUT2D eigenvalue weighted by molar-refractivity contribution is 5.78. The van der Waals surface area contributed by atoms with Crippen molar-refractivity contribution < 1.29 is 0 Å². The van der Waals surface area contributed by atoms with E-state index < -0.39 is 0 Å². The van der Waals surface area contributed by atoms with Crippen LogP contribution in [0.1, 0.15) is 40.0 Å². The third kappa shape index (κ3) is 6.51. The van der Waals surface area contributed by atoms with Crippen LogP contribution >= 0.6 is 0 Å². The molecule has 0 aromatic rings. The van der Waals surface area contributed by atoms with E-state index >= 15 is 0 Å². The van der Waals surface area contributed by atoms with Crippen molar-refractivity contribution in [2.75, 3.05) is 26.7 Å². The van der Waals surface area contributed by atoms with E-state index in [1.54, 1.807) is 0 Å². The van der Waals surface area contributed by atoms with E-state index in [-0.39, 0.29) is 5.54 Å². The van der Waals surface area contributed by atoms with Gasteiger partial charge in [-0.05, 0) is 66.1 Å². The van der Waals surface area contributed by atoms with Crippen molar-refractivity contribution in [3.05, 3.63) is 0 Å². The van der Waals surface area contributed by atoms with Crippen LogP contribution in [0.5, 0.6) is 0 Å². The predicted octanol–water partition coefficient (Wildman–Crippen LogP) is 1.42. The molecule has 1 rings (SSSR count). The first-order valence-electron chi connectivity index (χ1n) is 6.63. The van der Waals surface area contributed by atoms with Crippen LogP contribution in [0.15, 0.2) is 4.99 Å². The van der Waals surface area contributed by atoms with Gasteiger partial charge in [-0.2, -0.15) is 0 Å². The Morgan fingerprint density at radius 3 is 2.47 bits per heavy atom. The molecule has 100 valence electrons. The van der Waals surface area contributed by atoms with Crippen LogP contribution < -0.4 is 11.1 Å². The van der Waals surface area contributed by atoms with Crippen LogP contribution in [-0.4, -0.2) is 43.1 Å². The van der Waals surface area contributed by atoms with Crippen LogP contribution in [-0.2, 0) is 0 Å². The van der Waals surface area contributed by atoms with Crippen molar-refractivity contribution in [3.8, 4) is 0 Å². The molecule has 3 N–H and O–H groups in total. The van der Waals surface area contributed by atoms with Gasteiger partial charge in [0.1, 0.15) is 0 Å². The van der Waals surface area contributed by atoms with Gasteiger partial charge in [-0.1, -0.05) is 0 Å². The van der Waals surface area contributed by atoms with E-state index in [0.29, 0.717) is 5.96 Å². The van der Waals surface area contributed by atoms with Gasteiger partial charge in [-0.25, -0.2) is 0 Å². The van der Waals surface area contributed by atoms with Crippen molar-refractivity contribution in [1.82, 2.24) is 10.2 Å². The molecule has 0 aromatic heterocycles. The van der Waals surface area contributed by atoms with E-state index in [2.05, 4.69) is 43.0 Å². The summed E-state index contributed by atoms with van der Waals surface area (Å²) in [6, 6.07) is 0. The topological polar surface area (TPSA) is 53.6 Å². The normalized spacial score (nSPS) is 20.6. The Hall–Kier alpha value is -0.770. The molecule has 4 heteroatoms. The minimum Gasteiger partial charge on any atom is -0.370 e. The van der Waals surface area contributed by atoms with E-state index in [0.717, 1.165) is 12.5 Å². The average Bonchev–Trinajstić information content (AvgIpc) is 2.18.